The molecule has 1 rings (SSSR count). The maximum Gasteiger partial charge on any atom is 0.188 e. The Morgan fingerprint density at radius 2 is 2.26 bits per heavy atom. The van der Waals surface area contributed by atoms with Crippen LogP contribution in [0.1, 0.15) is 12.5 Å². The molecule has 0 spiro atoms. The fraction of sp³-hybridized carbons (Fsp3) is 0.308. The number of nitrogens with zero attached hydrogens (tertiary/aromatic N) is 1. The van der Waals surface area contributed by atoms with E-state index < -0.39 is 17.2 Å². The van der Waals surface area contributed by atoms with Gasteiger partial charge in [0.05, 0.1) is 6.54 Å². The molecule has 1 atom stereocenters. The first-order valence-corrected chi connectivity index (χ1v) is 5.69. The third-order valence-electron chi connectivity index (χ3n) is 2.50. The first-order chi connectivity index (χ1) is 8.86. The summed E-state index contributed by atoms with van der Waals surface area (Å²) >= 11 is 0. The van der Waals surface area contributed by atoms with Gasteiger partial charge in [-0.25, -0.2) is 8.78 Å². The highest BCUT2D eigenvalue weighted by Gasteiger charge is 2.26. The largest absolute Gasteiger partial charge is 0.383 e. The summed E-state index contributed by atoms with van der Waals surface area (Å²) in [5.41, 5.74) is 3.93. The zero-order valence-electron chi connectivity index (χ0n) is 10.7. The summed E-state index contributed by atoms with van der Waals surface area (Å²) in [6.45, 7) is 5.17. The van der Waals surface area contributed by atoms with Gasteiger partial charge in [0.25, 0.3) is 0 Å². The van der Waals surface area contributed by atoms with Crippen LogP contribution in [0.5, 0.6) is 0 Å². The molecular weight excluding hydrogens is 252 g/mol. The van der Waals surface area contributed by atoms with Gasteiger partial charge >= 0.3 is 0 Å². The van der Waals surface area contributed by atoms with Gasteiger partial charge in [0.1, 0.15) is 17.2 Å². The number of halogens is 2. The van der Waals surface area contributed by atoms with Gasteiger partial charge in [0.15, 0.2) is 5.96 Å². The van der Waals surface area contributed by atoms with Crippen LogP contribution in [0.15, 0.2) is 35.8 Å². The summed E-state index contributed by atoms with van der Waals surface area (Å²) in [5.74, 6) is -1.41. The number of hydrogen-bond acceptors (Lipinski definition) is 2. The lowest BCUT2D eigenvalue weighted by atomic mass is 9.95. The van der Waals surface area contributed by atoms with Gasteiger partial charge in [-0.3, -0.25) is 4.99 Å². The van der Waals surface area contributed by atoms with Crippen molar-refractivity contribution in [2.45, 2.75) is 12.5 Å². The summed E-state index contributed by atoms with van der Waals surface area (Å²) in [6.07, 6.45) is 1.60. The SMILES string of the molecule is C=CCNC(N)=NCC(C)(O)c1ccc(F)cc1F. The highest BCUT2D eigenvalue weighted by atomic mass is 19.1. The Balaban J connectivity index is 2.83. The van der Waals surface area contributed by atoms with Crippen molar-refractivity contribution in [2.24, 2.45) is 10.7 Å². The van der Waals surface area contributed by atoms with Crippen LogP contribution in [0.25, 0.3) is 0 Å². The van der Waals surface area contributed by atoms with E-state index in [0.29, 0.717) is 12.6 Å². The number of nitrogens with one attached hydrogen (secondary N) is 1. The van der Waals surface area contributed by atoms with Crippen LogP contribution >= 0.6 is 0 Å². The molecule has 0 aromatic heterocycles. The van der Waals surface area contributed by atoms with Crippen molar-refractivity contribution in [1.82, 2.24) is 5.32 Å². The Morgan fingerprint density at radius 3 is 2.84 bits per heavy atom. The molecule has 0 fully saturated rings. The molecule has 0 aliphatic heterocycles. The lowest BCUT2D eigenvalue weighted by Gasteiger charge is -2.22. The number of nitrogens with two attached hydrogens (primary N) is 1. The molecule has 1 aromatic rings. The Labute approximate surface area is 110 Å². The molecule has 0 saturated carbocycles. The van der Waals surface area contributed by atoms with Crippen LogP contribution in [0.2, 0.25) is 0 Å². The average Bonchev–Trinajstić information content (AvgIpc) is 2.33. The highest BCUT2D eigenvalue weighted by molar-refractivity contribution is 5.77. The summed E-state index contributed by atoms with van der Waals surface area (Å²) in [7, 11) is 0. The van der Waals surface area contributed by atoms with Gasteiger partial charge < -0.3 is 16.2 Å². The van der Waals surface area contributed by atoms with Gasteiger partial charge in [0.2, 0.25) is 0 Å². The first-order valence-electron chi connectivity index (χ1n) is 5.69. The summed E-state index contributed by atoms with van der Waals surface area (Å²) in [6, 6.07) is 2.98. The van der Waals surface area contributed by atoms with E-state index in [4.69, 9.17) is 5.73 Å². The van der Waals surface area contributed by atoms with Crippen LogP contribution in [0.4, 0.5) is 8.78 Å². The van der Waals surface area contributed by atoms with Crippen molar-refractivity contribution >= 4 is 5.96 Å². The molecule has 0 saturated heterocycles. The molecule has 104 valence electrons. The van der Waals surface area contributed by atoms with Gasteiger partial charge in [-0.2, -0.15) is 0 Å². The quantitative estimate of drug-likeness (QED) is 0.428. The van der Waals surface area contributed by atoms with Crippen molar-refractivity contribution in [1.29, 1.82) is 0 Å². The second-order valence-corrected chi connectivity index (χ2v) is 4.27. The van der Waals surface area contributed by atoms with E-state index in [2.05, 4.69) is 16.9 Å². The van der Waals surface area contributed by atoms with Gasteiger partial charge in [-0.15, -0.1) is 6.58 Å². The van der Waals surface area contributed by atoms with Crippen molar-refractivity contribution in [2.75, 3.05) is 13.1 Å². The molecular formula is C13H17F2N3O. The minimum Gasteiger partial charge on any atom is -0.383 e. The first kappa shape index (κ1) is 15.1. The molecule has 0 aliphatic carbocycles. The number of rotatable bonds is 5. The smallest absolute Gasteiger partial charge is 0.188 e. The summed E-state index contributed by atoms with van der Waals surface area (Å²) in [5, 5.41) is 12.9. The van der Waals surface area contributed by atoms with E-state index >= 15 is 0 Å². The van der Waals surface area contributed by atoms with E-state index in [1.165, 1.54) is 13.0 Å². The lowest BCUT2D eigenvalue weighted by molar-refractivity contribution is 0.0633. The fourth-order valence-corrected chi connectivity index (χ4v) is 1.48. The van der Waals surface area contributed by atoms with Crippen molar-refractivity contribution in [3.8, 4) is 0 Å². The van der Waals surface area contributed by atoms with Crippen molar-refractivity contribution in [3.05, 3.63) is 48.1 Å². The standard InChI is InChI=1S/C13H17F2N3O/c1-3-6-17-12(16)18-8-13(2,19)10-5-4-9(14)7-11(10)15/h3-5,7,19H,1,6,8H2,2H3,(H3,16,17,18). The predicted molar refractivity (Wildman–Crippen MR) is 70.6 cm³/mol. The predicted octanol–water partition coefficient (Wildman–Crippen LogP) is 1.26. The maximum atomic E-state index is 13.6. The Kier molecular flexibility index (Phi) is 5.00. The molecule has 4 nitrogen and oxygen atoms in total. The van der Waals surface area contributed by atoms with Crippen LogP contribution < -0.4 is 11.1 Å². The zero-order valence-corrected chi connectivity index (χ0v) is 10.7. The van der Waals surface area contributed by atoms with E-state index in [1.54, 1.807) is 6.08 Å². The Hall–Kier alpha value is -1.95. The normalized spacial score (nSPS) is 14.8. The topological polar surface area (TPSA) is 70.6 Å². The third kappa shape index (κ3) is 4.33. The number of guanidine groups is 1. The van der Waals surface area contributed by atoms with Crippen LogP contribution in [-0.4, -0.2) is 24.2 Å². The monoisotopic (exact) mass is 269 g/mol. The average molecular weight is 269 g/mol. The van der Waals surface area contributed by atoms with E-state index in [-0.39, 0.29) is 18.1 Å². The molecule has 0 aliphatic rings. The number of aliphatic hydroxyl groups is 1. The molecule has 19 heavy (non-hydrogen) atoms. The second-order valence-electron chi connectivity index (χ2n) is 4.27. The minimum absolute atomic E-state index is 0.0332. The second kappa shape index (κ2) is 6.29. The molecule has 1 aromatic carbocycles. The van der Waals surface area contributed by atoms with Crippen molar-refractivity contribution < 1.29 is 13.9 Å². The third-order valence-corrected chi connectivity index (χ3v) is 2.50. The molecule has 0 bridgehead atoms. The fourth-order valence-electron chi connectivity index (χ4n) is 1.48. The number of benzene rings is 1. The van der Waals surface area contributed by atoms with Crippen LogP contribution in [0.3, 0.4) is 0 Å². The Bertz CT molecular complexity index is 487. The summed E-state index contributed by atoms with van der Waals surface area (Å²) < 4.78 is 26.4. The number of aliphatic imine (C=N–C) groups is 1. The molecule has 6 heteroatoms. The van der Waals surface area contributed by atoms with E-state index in [0.717, 1.165) is 6.07 Å². The molecule has 0 heterocycles. The maximum absolute atomic E-state index is 13.6. The zero-order chi connectivity index (χ0) is 14.5. The number of hydrogen-bond donors (Lipinski definition) is 3. The summed E-state index contributed by atoms with van der Waals surface area (Å²) in [4.78, 5) is 3.90. The molecule has 0 radical (unpaired) electrons. The molecule has 1 unspecified atom stereocenters. The minimum atomic E-state index is -1.57. The molecule has 4 N–H and O–H groups in total. The van der Waals surface area contributed by atoms with Gasteiger partial charge in [-0.05, 0) is 13.0 Å². The van der Waals surface area contributed by atoms with Crippen LogP contribution in [0, 0.1) is 11.6 Å². The van der Waals surface area contributed by atoms with E-state index in [9.17, 15) is 13.9 Å². The van der Waals surface area contributed by atoms with Crippen molar-refractivity contribution in [3.63, 3.8) is 0 Å². The highest BCUT2D eigenvalue weighted by Crippen LogP contribution is 2.24. The Morgan fingerprint density at radius 1 is 1.58 bits per heavy atom. The van der Waals surface area contributed by atoms with Crippen LogP contribution in [-0.2, 0) is 5.60 Å². The lowest BCUT2D eigenvalue weighted by Crippen LogP contribution is -2.34. The van der Waals surface area contributed by atoms with Gasteiger partial charge in [0, 0.05) is 18.2 Å². The van der Waals surface area contributed by atoms with E-state index in [1.807, 2.05) is 0 Å². The van der Waals surface area contributed by atoms with Gasteiger partial charge in [-0.1, -0.05) is 12.1 Å². The molecule has 0 amide bonds.